The van der Waals surface area contributed by atoms with E-state index in [1.165, 1.54) is 18.5 Å². The smallest absolute Gasteiger partial charge is 0.260 e. The predicted molar refractivity (Wildman–Crippen MR) is 114 cm³/mol. The Morgan fingerprint density at radius 3 is 2.63 bits per heavy atom. The number of nitrogens with one attached hydrogen (secondary N) is 2. The van der Waals surface area contributed by atoms with E-state index >= 15 is 0 Å². The van der Waals surface area contributed by atoms with Crippen LogP contribution in [0.3, 0.4) is 0 Å². The number of halogens is 2. The van der Waals surface area contributed by atoms with Gasteiger partial charge in [0.15, 0.2) is 0 Å². The van der Waals surface area contributed by atoms with Crippen molar-refractivity contribution in [2.45, 2.75) is 19.9 Å². The van der Waals surface area contributed by atoms with Gasteiger partial charge in [0.1, 0.15) is 12.1 Å². The largest absolute Gasteiger partial charge is 0.325 e. The lowest BCUT2D eigenvalue weighted by atomic mass is 10.1. The Hall–Kier alpha value is -3.07. The Bertz CT molecular complexity index is 1100. The van der Waals surface area contributed by atoms with Crippen LogP contribution in [0.2, 0.25) is 0 Å². The fraction of sp³-hybridized carbons (Fsp3) is 0.238. The van der Waals surface area contributed by atoms with E-state index in [-0.39, 0.29) is 29.0 Å². The zero-order valence-electron chi connectivity index (χ0n) is 16.1. The monoisotopic (exact) mass is 471 g/mol. The number of benzene rings is 2. The lowest BCUT2D eigenvalue weighted by Gasteiger charge is -2.10. The van der Waals surface area contributed by atoms with Crippen molar-refractivity contribution >= 4 is 39.4 Å². The predicted octanol–water partition coefficient (Wildman–Crippen LogP) is 4.07. The van der Waals surface area contributed by atoms with Gasteiger partial charge in [-0.05, 0) is 48.2 Å². The molecule has 2 amide bonds. The van der Waals surface area contributed by atoms with Gasteiger partial charge in [0.25, 0.3) is 5.91 Å². The van der Waals surface area contributed by atoms with Gasteiger partial charge in [0, 0.05) is 10.4 Å². The molecule has 4 rings (SSSR count). The van der Waals surface area contributed by atoms with Gasteiger partial charge in [-0.3, -0.25) is 14.9 Å². The first-order chi connectivity index (χ1) is 14.4. The van der Waals surface area contributed by atoms with Crippen LogP contribution in [-0.2, 0) is 11.3 Å². The number of hydrogen-bond acceptors (Lipinski definition) is 4. The lowest BCUT2D eigenvalue weighted by molar-refractivity contribution is -0.117. The average molecular weight is 472 g/mol. The molecule has 2 unspecified atom stereocenters. The summed E-state index contributed by atoms with van der Waals surface area (Å²) in [4.78, 5) is 29.0. The van der Waals surface area contributed by atoms with Crippen molar-refractivity contribution in [3.63, 3.8) is 0 Å². The van der Waals surface area contributed by atoms with E-state index < -0.39 is 11.7 Å². The summed E-state index contributed by atoms with van der Waals surface area (Å²) in [6.07, 6.45) is 2.31. The van der Waals surface area contributed by atoms with Crippen LogP contribution in [0.15, 0.2) is 53.3 Å². The number of amides is 2. The van der Waals surface area contributed by atoms with E-state index in [1.807, 2.05) is 31.2 Å². The summed E-state index contributed by atoms with van der Waals surface area (Å²) in [7, 11) is 0. The highest BCUT2D eigenvalue weighted by atomic mass is 79.9. The van der Waals surface area contributed by atoms with E-state index in [9.17, 15) is 14.0 Å². The van der Waals surface area contributed by atoms with Gasteiger partial charge in [-0.25, -0.2) is 14.1 Å². The van der Waals surface area contributed by atoms with E-state index in [1.54, 1.807) is 4.68 Å². The molecule has 0 radical (unpaired) electrons. The molecule has 3 aromatic rings. The summed E-state index contributed by atoms with van der Waals surface area (Å²) in [5.74, 6) is -1.00. The fourth-order valence-corrected chi connectivity index (χ4v) is 3.36. The van der Waals surface area contributed by atoms with Crippen molar-refractivity contribution in [1.29, 1.82) is 0 Å². The molecule has 1 saturated carbocycles. The van der Waals surface area contributed by atoms with Crippen LogP contribution < -0.4 is 10.6 Å². The van der Waals surface area contributed by atoms with Gasteiger partial charge in [-0.2, -0.15) is 0 Å². The third-order valence-electron chi connectivity index (χ3n) is 4.95. The molecular formula is C21H19BrFN5O2. The number of hydrogen-bond donors (Lipinski definition) is 2. The summed E-state index contributed by atoms with van der Waals surface area (Å²) in [6.45, 7) is 2.47. The van der Waals surface area contributed by atoms with Crippen molar-refractivity contribution < 1.29 is 14.0 Å². The van der Waals surface area contributed by atoms with Crippen molar-refractivity contribution in [2.75, 3.05) is 10.6 Å². The second kappa shape index (κ2) is 8.35. The Balaban J connectivity index is 1.46. The number of carbonyl (C=O) groups excluding carboxylic acids is 2. The van der Waals surface area contributed by atoms with Gasteiger partial charge in [-0.1, -0.05) is 35.0 Å². The Morgan fingerprint density at radius 2 is 1.93 bits per heavy atom. The highest BCUT2D eigenvalue weighted by molar-refractivity contribution is 9.10. The zero-order chi connectivity index (χ0) is 21.3. The average Bonchev–Trinajstić information content (AvgIpc) is 3.30. The molecule has 2 N–H and O–H groups in total. The number of carbonyl (C=O) groups is 2. The third-order valence-corrected chi connectivity index (χ3v) is 5.48. The second-order valence-corrected chi connectivity index (χ2v) is 8.26. The molecule has 9 heteroatoms. The van der Waals surface area contributed by atoms with Crippen molar-refractivity contribution in [3.8, 4) is 0 Å². The molecule has 2 aromatic carbocycles. The van der Waals surface area contributed by atoms with Crippen LogP contribution in [0.1, 0.15) is 29.3 Å². The molecule has 0 aliphatic heterocycles. The Kier molecular flexibility index (Phi) is 5.63. The van der Waals surface area contributed by atoms with Gasteiger partial charge in [-0.15, -0.1) is 5.10 Å². The summed E-state index contributed by atoms with van der Waals surface area (Å²) in [6, 6.07) is 11.4. The fourth-order valence-electron chi connectivity index (χ4n) is 3.10. The minimum Gasteiger partial charge on any atom is -0.325 e. The molecule has 1 aliphatic rings. The first kappa shape index (κ1) is 20.2. The van der Waals surface area contributed by atoms with Crippen LogP contribution >= 0.6 is 15.9 Å². The van der Waals surface area contributed by atoms with Crippen molar-refractivity contribution in [2.24, 2.45) is 11.8 Å². The number of rotatable bonds is 6. The van der Waals surface area contributed by atoms with Crippen molar-refractivity contribution in [1.82, 2.24) is 14.8 Å². The van der Waals surface area contributed by atoms with Gasteiger partial charge in [0.2, 0.25) is 11.9 Å². The topological polar surface area (TPSA) is 88.9 Å². The number of anilines is 2. The van der Waals surface area contributed by atoms with E-state index in [0.717, 1.165) is 22.5 Å². The van der Waals surface area contributed by atoms with Crippen LogP contribution in [0.25, 0.3) is 0 Å². The first-order valence-corrected chi connectivity index (χ1v) is 10.2. The SMILES string of the molecule is CC1CC1C(=O)Nc1ccc(F)cc1C(=O)Nc1ncn(Cc2ccc(Br)cc2)n1. The standard InChI is InChI=1S/C21H19BrFN5O2/c1-12-8-16(12)19(29)25-18-7-6-15(23)9-17(18)20(30)26-21-24-11-28(27-21)10-13-2-4-14(22)5-3-13/h2-7,9,11-12,16H,8,10H2,1H3,(H,25,29)(H,26,27,30). The molecule has 0 bridgehead atoms. The maximum atomic E-state index is 13.8. The molecule has 1 aromatic heterocycles. The molecule has 1 fully saturated rings. The van der Waals surface area contributed by atoms with Crippen LogP contribution in [0, 0.1) is 17.7 Å². The van der Waals surface area contributed by atoms with E-state index in [4.69, 9.17) is 0 Å². The van der Waals surface area contributed by atoms with Crippen molar-refractivity contribution in [3.05, 3.63) is 70.2 Å². The van der Waals surface area contributed by atoms with E-state index in [0.29, 0.717) is 12.5 Å². The molecule has 154 valence electrons. The maximum Gasteiger partial charge on any atom is 0.260 e. The summed E-state index contributed by atoms with van der Waals surface area (Å²) in [5, 5.41) is 9.52. The molecule has 0 spiro atoms. The summed E-state index contributed by atoms with van der Waals surface area (Å²) in [5.41, 5.74) is 1.29. The van der Waals surface area contributed by atoms with Crippen LogP contribution in [-0.4, -0.2) is 26.6 Å². The number of nitrogens with zero attached hydrogens (tertiary/aromatic N) is 3. The molecule has 7 nitrogen and oxygen atoms in total. The second-order valence-electron chi connectivity index (χ2n) is 7.34. The summed E-state index contributed by atoms with van der Waals surface area (Å²) < 4.78 is 16.3. The quantitative estimate of drug-likeness (QED) is 0.566. The minimum atomic E-state index is -0.602. The Labute approximate surface area is 180 Å². The number of aromatic nitrogens is 3. The van der Waals surface area contributed by atoms with Gasteiger partial charge >= 0.3 is 0 Å². The Morgan fingerprint density at radius 1 is 1.20 bits per heavy atom. The van der Waals surface area contributed by atoms with E-state index in [2.05, 4.69) is 36.6 Å². The first-order valence-electron chi connectivity index (χ1n) is 9.44. The molecule has 30 heavy (non-hydrogen) atoms. The third kappa shape index (κ3) is 4.73. The molecule has 0 saturated heterocycles. The highest BCUT2D eigenvalue weighted by Gasteiger charge is 2.39. The molecular weight excluding hydrogens is 453 g/mol. The van der Waals surface area contributed by atoms with Crippen LogP contribution in [0.5, 0.6) is 0 Å². The van der Waals surface area contributed by atoms with Crippen LogP contribution in [0.4, 0.5) is 16.0 Å². The van der Waals surface area contributed by atoms with Gasteiger partial charge in [0.05, 0.1) is 17.8 Å². The van der Waals surface area contributed by atoms with Gasteiger partial charge < -0.3 is 5.32 Å². The molecule has 1 aliphatic carbocycles. The lowest BCUT2D eigenvalue weighted by Crippen LogP contribution is -2.20. The maximum absolute atomic E-state index is 13.8. The summed E-state index contributed by atoms with van der Waals surface area (Å²) >= 11 is 3.39. The normalized spacial score (nSPS) is 17.4. The molecule has 2 atom stereocenters. The zero-order valence-corrected chi connectivity index (χ0v) is 17.7. The molecule has 1 heterocycles. The minimum absolute atomic E-state index is 0.0147. The highest BCUT2D eigenvalue weighted by Crippen LogP contribution is 2.38.